The van der Waals surface area contributed by atoms with Crippen molar-refractivity contribution < 1.29 is 9.53 Å². The van der Waals surface area contributed by atoms with Gasteiger partial charge in [0, 0.05) is 25.2 Å². The molecular weight excluding hydrogens is 192 g/mol. The van der Waals surface area contributed by atoms with E-state index in [1.807, 2.05) is 25.7 Å². The predicted octanol–water partition coefficient (Wildman–Crippen LogP) is 1.31. The van der Waals surface area contributed by atoms with Crippen molar-refractivity contribution >= 4 is 6.09 Å². The van der Waals surface area contributed by atoms with Gasteiger partial charge in [0.2, 0.25) is 0 Å². The van der Waals surface area contributed by atoms with Gasteiger partial charge >= 0.3 is 6.09 Å². The lowest BCUT2D eigenvalue weighted by atomic mass is 10.2. The van der Waals surface area contributed by atoms with Crippen LogP contribution in [0.15, 0.2) is 0 Å². The molecule has 4 heteroatoms. The normalized spacial score (nSPS) is 31.1. The van der Waals surface area contributed by atoms with Crippen LogP contribution in [0.2, 0.25) is 0 Å². The zero-order valence-corrected chi connectivity index (χ0v) is 9.99. The fraction of sp³-hybridized carbons (Fsp3) is 0.909. The third-order valence-corrected chi connectivity index (χ3v) is 3.14. The molecule has 2 atom stereocenters. The van der Waals surface area contributed by atoms with Crippen molar-refractivity contribution in [3.63, 3.8) is 0 Å². The number of carbonyl (C=O) groups excluding carboxylic acids is 1. The van der Waals surface area contributed by atoms with Crippen LogP contribution in [0, 0.1) is 0 Å². The molecule has 2 fully saturated rings. The smallest absolute Gasteiger partial charge is 0.410 e. The molecule has 4 nitrogen and oxygen atoms in total. The fourth-order valence-electron chi connectivity index (χ4n) is 2.41. The van der Waals surface area contributed by atoms with Gasteiger partial charge in [-0.25, -0.2) is 4.79 Å². The molecule has 0 aromatic carbocycles. The number of hydrogen-bond acceptors (Lipinski definition) is 3. The first kappa shape index (κ1) is 10.7. The highest BCUT2D eigenvalue weighted by molar-refractivity contribution is 5.69. The number of ether oxygens (including phenoxy) is 1. The minimum Gasteiger partial charge on any atom is -0.444 e. The van der Waals surface area contributed by atoms with E-state index < -0.39 is 0 Å². The van der Waals surface area contributed by atoms with E-state index in [4.69, 9.17) is 4.74 Å². The molecule has 0 radical (unpaired) electrons. The molecule has 2 aliphatic heterocycles. The summed E-state index contributed by atoms with van der Waals surface area (Å²) in [5, 5.41) is 0. The second kappa shape index (κ2) is 3.37. The molecule has 2 aliphatic rings. The lowest BCUT2D eigenvalue weighted by molar-refractivity contribution is 0.0147. The van der Waals surface area contributed by atoms with Crippen molar-refractivity contribution in [2.75, 3.05) is 20.1 Å². The van der Waals surface area contributed by atoms with E-state index in [2.05, 4.69) is 11.9 Å². The Hall–Kier alpha value is -0.770. The van der Waals surface area contributed by atoms with Crippen LogP contribution in [-0.4, -0.2) is 53.7 Å². The third kappa shape index (κ3) is 2.09. The summed E-state index contributed by atoms with van der Waals surface area (Å²) in [4.78, 5) is 16.1. The standard InChI is InChI=1S/C11H20N2O2/c1-11(2,3)15-10(14)13-7-8-5-9(13)6-12(8)4/h8-9H,5-7H2,1-4H3/t8?,9-/m1/s1. The molecule has 2 heterocycles. The topological polar surface area (TPSA) is 32.8 Å². The molecular formula is C11H20N2O2. The number of fused-ring (bicyclic) bond motifs is 2. The van der Waals surface area contributed by atoms with E-state index in [1.165, 1.54) is 0 Å². The zero-order chi connectivity index (χ0) is 11.2. The van der Waals surface area contributed by atoms with Crippen LogP contribution in [0.25, 0.3) is 0 Å². The Morgan fingerprint density at radius 3 is 2.33 bits per heavy atom. The van der Waals surface area contributed by atoms with Crippen LogP contribution >= 0.6 is 0 Å². The van der Waals surface area contributed by atoms with Gasteiger partial charge in [-0.05, 0) is 34.2 Å². The van der Waals surface area contributed by atoms with Crippen LogP contribution in [0.5, 0.6) is 0 Å². The maximum Gasteiger partial charge on any atom is 0.410 e. The summed E-state index contributed by atoms with van der Waals surface area (Å²) in [5.41, 5.74) is -0.384. The summed E-state index contributed by atoms with van der Waals surface area (Å²) in [6, 6.07) is 0.914. The first-order valence-electron chi connectivity index (χ1n) is 5.57. The highest BCUT2D eigenvalue weighted by atomic mass is 16.6. The molecule has 1 amide bonds. The molecule has 15 heavy (non-hydrogen) atoms. The van der Waals surface area contributed by atoms with Gasteiger partial charge in [0.1, 0.15) is 5.60 Å². The minimum absolute atomic E-state index is 0.150. The van der Waals surface area contributed by atoms with E-state index >= 15 is 0 Å². The lowest BCUT2D eigenvalue weighted by Gasteiger charge is -2.33. The molecule has 2 bridgehead atoms. The Balaban J connectivity index is 1.94. The lowest BCUT2D eigenvalue weighted by Crippen LogP contribution is -2.48. The number of likely N-dealkylation sites (tertiary alicyclic amines) is 2. The molecule has 2 saturated heterocycles. The van der Waals surface area contributed by atoms with Gasteiger partial charge in [-0.1, -0.05) is 0 Å². The predicted molar refractivity (Wildman–Crippen MR) is 57.8 cm³/mol. The summed E-state index contributed by atoms with van der Waals surface area (Å²) in [6.07, 6.45) is 0.957. The van der Waals surface area contributed by atoms with Gasteiger partial charge in [0.25, 0.3) is 0 Å². The van der Waals surface area contributed by atoms with Crippen molar-refractivity contribution in [3.05, 3.63) is 0 Å². The number of amides is 1. The van der Waals surface area contributed by atoms with Gasteiger partial charge in [0.05, 0.1) is 0 Å². The summed E-state index contributed by atoms with van der Waals surface area (Å²) >= 11 is 0. The van der Waals surface area contributed by atoms with Gasteiger partial charge in [-0.3, -0.25) is 4.90 Å². The molecule has 0 saturated carbocycles. The second-order valence-corrected chi connectivity index (χ2v) is 5.62. The first-order valence-corrected chi connectivity index (χ1v) is 5.57. The van der Waals surface area contributed by atoms with Gasteiger partial charge in [0.15, 0.2) is 0 Å². The Kier molecular flexibility index (Phi) is 2.41. The second-order valence-electron chi connectivity index (χ2n) is 5.62. The third-order valence-electron chi connectivity index (χ3n) is 3.14. The quantitative estimate of drug-likeness (QED) is 0.607. The van der Waals surface area contributed by atoms with Gasteiger partial charge < -0.3 is 9.64 Å². The average molecular weight is 212 g/mol. The average Bonchev–Trinajstić information content (AvgIpc) is 2.58. The molecule has 86 valence electrons. The molecule has 0 aromatic rings. The highest BCUT2D eigenvalue weighted by Gasteiger charge is 2.44. The van der Waals surface area contributed by atoms with E-state index in [0.717, 1.165) is 19.5 Å². The molecule has 0 aliphatic carbocycles. The SMILES string of the molecule is CN1C[C@H]2CC1CN2C(=O)OC(C)(C)C. The number of carbonyl (C=O) groups is 1. The summed E-state index contributed by atoms with van der Waals surface area (Å²) in [6.45, 7) is 7.54. The van der Waals surface area contributed by atoms with E-state index in [0.29, 0.717) is 12.1 Å². The number of rotatable bonds is 0. The molecule has 0 aromatic heterocycles. The van der Waals surface area contributed by atoms with Crippen molar-refractivity contribution in [2.24, 2.45) is 0 Å². The number of nitrogens with zero attached hydrogens (tertiary/aromatic N) is 2. The van der Waals surface area contributed by atoms with Crippen LogP contribution in [-0.2, 0) is 4.74 Å². The maximum absolute atomic E-state index is 11.8. The molecule has 1 unspecified atom stereocenters. The van der Waals surface area contributed by atoms with Crippen molar-refractivity contribution in [1.82, 2.24) is 9.80 Å². The fourth-order valence-corrected chi connectivity index (χ4v) is 2.41. The highest BCUT2D eigenvalue weighted by Crippen LogP contribution is 2.30. The number of piperazine rings is 1. The van der Waals surface area contributed by atoms with E-state index in [1.54, 1.807) is 0 Å². The summed E-state index contributed by atoms with van der Waals surface area (Å²) < 4.78 is 5.38. The minimum atomic E-state index is -0.384. The molecule has 0 spiro atoms. The van der Waals surface area contributed by atoms with Crippen molar-refractivity contribution in [3.8, 4) is 0 Å². The molecule has 0 N–H and O–H groups in total. The summed E-state index contributed by atoms with van der Waals surface area (Å²) in [5.74, 6) is 0. The van der Waals surface area contributed by atoms with Crippen LogP contribution in [0.4, 0.5) is 4.79 Å². The number of likely N-dealkylation sites (N-methyl/N-ethyl adjacent to an activating group) is 1. The van der Waals surface area contributed by atoms with Gasteiger partial charge in [-0.15, -0.1) is 0 Å². The Morgan fingerprint density at radius 1 is 1.27 bits per heavy atom. The maximum atomic E-state index is 11.8. The Morgan fingerprint density at radius 2 is 1.93 bits per heavy atom. The van der Waals surface area contributed by atoms with Crippen LogP contribution in [0.1, 0.15) is 27.2 Å². The largest absolute Gasteiger partial charge is 0.444 e. The summed E-state index contributed by atoms with van der Waals surface area (Å²) in [7, 11) is 2.12. The molecule has 2 rings (SSSR count). The van der Waals surface area contributed by atoms with E-state index in [-0.39, 0.29) is 11.7 Å². The van der Waals surface area contributed by atoms with Gasteiger partial charge in [-0.2, -0.15) is 0 Å². The van der Waals surface area contributed by atoms with Crippen LogP contribution in [0.3, 0.4) is 0 Å². The van der Waals surface area contributed by atoms with Crippen LogP contribution < -0.4 is 0 Å². The van der Waals surface area contributed by atoms with E-state index in [9.17, 15) is 4.79 Å². The number of hydrogen-bond donors (Lipinski definition) is 0. The Bertz CT molecular complexity index is 270. The monoisotopic (exact) mass is 212 g/mol. The Labute approximate surface area is 91.2 Å². The first-order chi connectivity index (χ1) is 6.87. The zero-order valence-electron chi connectivity index (χ0n) is 9.99. The van der Waals surface area contributed by atoms with Crippen molar-refractivity contribution in [1.29, 1.82) is 0 Å². The van der Waals surface area contributed by atoms with Crippen molar-refractivity contribution in [2.45, 2.75) is 44.9 Å².